The van der Waals surface area contributed by atoms with Gasteiger partial charge >= 0.3 is 5.97 Å². The van der Waals surface area contributed by atoms with Gasteiger partial charge < -0.3 is 10.1 Å². The number of methoxy groups -OCH3 is 1. The maximum Gasteiger partial charge on any atom is 0.328 e. The number of hydrogen-bond acceptors (Lipinski definition) is 4. The van der Waals surface area contributed by atoms with E-state index in [1.54, 1.807) is 25.3 Å². The van der Waals surface area contributed by atoms with E-state index < -0.39 is 12.0 Å². The molecule has 0 radical (unpaired) electrons. The van der Waals surface area contributed by atoms with Gasteiger partial charge in [-0.15, -0.1) is 0 Å². The van der Waals surface area contributed by atoms with Crippen LogP contribution in [0.2, 0.25) is 0 Å². The topological polar surface area (TPSA) is 68.3 Å². The number of ether oxygens (including phenoxy) is 1. The molecule has 18 heavy (non-hydrogen) atoms. The van der Waals surface area contributed by atoms with Crippen molar-refractivity contribution in [3.63, 3.8) is 0 Å². The molecule has 1 atom stereocenters. The first kappa shape index (κ1) is 14.2. The number of hydrogen-bond donors (Lipinski definition) is 1. The Bertz CT molecular complexity index is 444. The van der Waals surface area contributed by atoms with Crippen LogP contribution in [0.5, 0.6) is 0 Å². The van der Waals surface area contributed by atoms with E-state index in [0.717, 1.165) is 5.69 Å². The summed E-state index contributed by atoms with van der Waals surface area (Å²) in [5, 5.41) is 2.67. The lowest BCUT2D eigenvalue weighted by atomic mass is 10.0. The van der Waals surface area contributed by atoms with Crippen LogP contribution in [0.3, 0.4) is 0 Å². The third kappa shape index (κ3) is 3.55. The fraction of sp³-hybridized carbons (Fsp3) is 0.462. The highest BCUT2D eigenvalue weighted by Gasteiger charge is 2.25. The van der Waals surface area contributed by atoms with E-state index in [-0.39, 0.29) is 11.8 Å². The van der Waals surface area contributed by atoms with Crippen molar-refractivity contribution in [2.45, 2.75) is 26.8 Å². The van der Waals surface area contributed by atoms with Crippen LogP contribution in [0.1, 0.15) is 29.9 Å². The van der Waals surface area contributed by atoms with Crippen molar-refractivity contribution in [1.29, 1.82) is 0 Å². The van der Waals surface area contributed by atoms with E-state index in [1.807, 2.05) is 13.8 Å². The van der Waals surface area contributed by atoms with Crippen molar-refractivity contribution in [3.05, 3.63) is 29.6 Å². The lowest BCUT2D eigenvalue weighted by molar-refractivity contribution is -0.144. The third-order valence-electron chi connectivity index (χ3n) is 2.57. The molecule has 0 fully saturated rings. The predicted octanol–water partition coefficient (Wildman–Crippen LogP) is 1.32. The number of aryl methyl sites for hydroxylation is 1. The van der Waals surface area contributed by atoms with Crippen molar-refractivity contribution < 1.29 is 14.3 Å². The highest BCUT2D eigenvalue weighted by Crippen LogP contribution is 2.06. The second-order valence-corrected chi connectivity index (χ2v) is 4.40. The SMILES string of the molecule is COC(=O)C(NC(=O)c1ccnc(C)c1)C(C)C. The predicted molar refractivity (Wildman–Crippen MR) is 67.1 cm³/mol. The number of rotatable bonds is 4. The van der Waals surface area contributed by atoms with Crippen molar-refractivity contribution in [2.24, 2.45) is 5.92 Å². The highest BCUT2D eigenvalue weighted by molar-refractivity contribution is 5.96. The maximum absolute atomic E-state index is 12.0. The van der Waals surface area contributed by atoms with Gasteiger partial charge in [0.2, 0.25) is 0 Å². The molecule has 1 aromatic rings. The number of carbonyl (C=O) groups excluding carboxylic acids is 2. The van der Waals surface area contributed by atoms with E-state index in [2.05, 4.69) is 15.0 Å². The van der Waals surface area contributed by atoms with Gasteiger partial charge in [0, 0.05) is 17.5 Å². The van der Waals surface area contributed by atoms with Crippen LogP contribution < -0.4 is 5.32 Å². The van der Waals surface area contributed by atoms with Crippen LogP contribution >= 0.6 is 0 Å². The molecular formula is C13H18N2O3. The number of nitrogens with one attached hydrogen (secondary N) is 1. The average Bonchev–Trinajstić information content (AvgIpc) is 2.34. The molecule has 1 N–H and O–H groups in total. The van der Waals surface area contributed by atoms with E-state index in [9.17, 15) is 9.59 Å². The Morgan fingerprint density at radius 1 is 1.39 bits per heavy atom. The van der Waals surface area contributed by atoms with Gasteiger partial charge in [-0.1, -0.05) is 13.8 Å². The summed E-state index contributed by atoms with van der Waals surface area (Å²) < 4.78 is 4.67. The number of aromatic nitrogens is 1. The summed E-state index contributed by atoms with van der Waals surface area (Å²) in [5.41, 5.74) is 1.24. The minimum Gasteiger partial charge on any atom is -0.467 e. The molecular weight excluding hydrogens is 232 g/mol. The molecule has 98 valence electrons. The zero-order valence-corrected chi connectivity index (χ0v) is 11.1. The fourth-order valence-corrected chi connectivity index (χ4v) is 1.54. The minimum atomic E-state index is -0.643. The largest absolute Gasteiger partial charge is 0.467 e. The second kappa shape index (κ2) is 6.14. The van der Waals surface area contributed by atoms with Crippen LogP contribution in [0.15, 0.2) is 18.3 Å². The van der Waals surface area contributed by atoms with Crippen LogP contribution in [0, 0.1) is 12.8 Å². The van der Waals surface area contributed by atoms with Gasteiger partial charge in [0.15, 0.2) is 0 Å². The van der Waals surface area contributed by atoms with Crippen molar-refractivity contribution in [1.82, 2.24) is 10.3 Å². The first-order valence-electron chi connectivity index (χ1n) is 5.77. The van der Waals surface area contributed by atoms with Crippen molar-refractivity contribution >= 4 is 11.9 Å². The molecule has 5 nitrogen and oxygen atoms in total. The van der Waals surface area contributed by atoms with Gasteiger partial charge in [0.05, 0.1) is 7.11 Å². The van der Waals surface area contributed by atoms with Gasteiger partial charge in [-0.05, 0) is 25.0 Å². The first-order valence-corrected chi connectivity index (χ1v) is 5.77. The molecule has 5 heteroatoms. The lowest BCUT2D eigenvalue weighted by Crippen LogP contribution is -2.45. The molecule has 0 saturated carbocycles. The molecule has 0 aliphatic rings. The van der Waals surface area contributed by atoms with Gasteiger partial charge in [-0.3, -0.25) is 9.78 Å². The number of pyridine rings is 1. The average molecular weight is 250 g/mol. The molecule has 1 aromatic heterocycles. The van der Waals surface area contributed by atoms with Gasteiger partial charge in [-0.2, -0.15) is 0 Å². The monoisotopic (exact) mass is 250 g/mol. The molecule has 1 unspecified atom stereocenters. The molecule has 1 rings (SSSR count). The number of nitrogens with zero attached hydrogens (tertiary/aromatic N) is 1. The van der Waals surface area contributed by atoms with Crippen LogP contribution in [0.25, 0.3) is 0 Å². The van der Waals surface area contributed by atoms with Crippen LogP contribution in [0.4, 0.5) is 0 Å². The van der Waals surface area contributed by atoms with Crippen molar-refractivity contribution in [3.8, 4) is 0 Å². The lowest BCUT2D eigenvalue weighted by Gasteiger charge is -2.19. The summed E-state index contributed by atoms with van der Waals surface area (Å²) >= 11 is 0. The quantitative estimate of drug-likeness (QED) is 0.818. The Morgan fingerprint density at radius 3 is 2.56 bits per heavy atom. The Balaban J connectivity index is 2.82. The third-order valence-corrected chi connectivity index (χ3v) is 2.57. The molecule has 1 heterocycles. The van der Waals surface area contributed by atoms with Crippen molar-refractivity contribution in [2.75, 3.05) is 7.11 Å². The minimum absolute atomic E-state index is 0.0377. The summed E-state index contributed by atoms with van der Waals surface area (Å²) in [4.78, 5) is 27.5. The summed E-state index contributed by atoms with van der Waals surface area (Å²) in [6.45, 7) is 5.50. The zero-order chi connectivity index (χ0) is 13.7. The zero-order valence-electron chi connectivity index (χ0n) is 11.1. The molecule has 1 amide bonds. The number of amides is 1. The number of esters is 1. The van der Waals surface area contributed by atoms with Gasteiger partial charge in [0.1, 0.15) is 6.04 Å². The Kier molecular flexibility index (Phi) is 4.83. The molecule has 0 aliphatic heterocycles. The normalized spacial score (nSPS) is 12.1. The van der Waals surface area contributed by atoms with Gasteiger partial charge in [-0.25, -0.2) is 4.79 Å². The molecule has 0 saturated heterocycles. The molecule has 0 spiro atoms. The summed E-state index contributed by atoms with van der Waals surface area (Å²) in [5.74, 6) is -0.780. The van der Waals surface area contributed by atoms with E-state index in [4.69, 9.17) is 0 Å². The van der Waals surface area contributed by atoms with Crippen LogP contribution in [-0.2, 0) is 9.53 Å². The Labute approximate surface area is 107 Å². The summed E-state index contributed by atoms with van der Waals surface area (Å²) in [7, 11) is 1.31. The standard InChI is InChI=1S/C13H18N2O3/c1-8(2)11(13(17)18-4)15-12(16)10-5-6-14-9(3)7-10/h5-8,11H,1-4H3,(H,15,16). The maximum atomic E-state index is 12.0. The number of carbonyl (C=O) groups is 2. The molecule has 0 aromatic carbocycles. The van der Waals surface area contributed by atoms with Crippen LogP contribution in [-0.4, -0.2) is 30.0 Å². The summed E-state index contributed by atoms with van der Waals surface area (Å²) in [6, 6.07) is 2.64. The summed E-state index contributed by atoms with van der Waals surface area (Å²) in [6.07, 6.45) is 1.56. The second-order valence-electron chi connectivity index (χ2n) is 4.40. The molecule has 0 bridgehead atoms. The highest BCUT2D eigenvalue weighted by atomic mass is 16.5. The van der Waals surface area contributed by atoms with Gasteiger partial charge in [0.25, 0.3) is 5.91 Å². The first-order chi connectivity index (χ1) is 8.45. The fourth-order valence-electron chi connectivity index (χ4n) is 1.54. The van der Waals surface area contributed by atoms with E-state index in [1.165, 1.54) is 7.11 Å². The van der Waals surface area contributed by atoms with E-state index in [0.29, 0.717) is 5.56 Å². The molecule has 0 aliphatic carbocycles. The Hall–Kier alpha value is -1.91. The smallest absolute Gasteiger partial charge is 0.328 e. The van der Waals surface area contributed by atoms with E-state index >= 15 is 0 Å². The Morgan fingerprint density at radius 2 is 2.06 bits per heavy atom.